The van der Waals surface area contributed by atoms with E-state index in [0.717, 1.165) is 32.8 Å². The van der Waals surface area contributed by atoms with Crippen LogP contribution in [-0.4, -0.2) is 70.6 Å². The topological polar surface area (TPSA) is 103 Å². The number of nitrogens with two attached hydrogens (primary N) is 3. The quantitative estimate of drug-likeness (QED) is 0.428. The molecular formula is C10H26N4O2. The fourth-order valence-corrected chi connectivity index (χ4v) is 1.23. The second kappa shape index (κ2) is 11.3. The van der Waals surface area contributed by atoms with Crippen molar-refractivity contribution in [2.45, 2.75) is 6.10 Å². The van der Waals surface area contributed by atoms with Gasteiger partial charge in [0.2, 0.25) is 0 Å². The summed E-state index contributed by atoms with van der Waals surface area (Å²) in [4.78, 5) is 2.17. The molecule has 1 aliphatic rings. The summed E-state index contributed by atoms with van der Waals surface area (Å²) in [7, 11) is 1.68. The van der Waals surface area contributed by atoms with Crippen LogP contribution in [0, 0.1) is 0 Å². The number of rotatable bonds is 8. The van der Waals surface area contributed by atoms with E-state index in [2.05, 4.69) is 4.90 Å². The Kier molecular flexibility index (Phi) is 11.1. The zero-order valence-corrected chi connectivity index (χ0v) is 10.2. The third-order valence-electron chi connectivity index (χ3n) is 2.09. The predicted molar refractivity (Wildman–Crippen MR) is 65.2 cm³/mol. The summed E-state index contributed by atoms with van der Waals surface area (Å²) in [5.41, 5.74) is 16.1. The van der Waals surface area contributed by atoms with E-state index in [1.54, 1.807) is 7.11 Å². The molecule has 6 nitrogen and oxygen atoms in total. The van der Waals surface area contributed by atoms with Gasteiger partial charge in [-0.15, -0.1) is 0 Å². The summed E-state index contributed by atoms with van der Waals surface area (Å²) in [6.07, 6.45) is 0.426. The number of nitrogens with zero attached hydrogens (tertiary/aromatic N) is 1. The third-order valence-corrected chi connectivity index (χ3v) is 2.09. The van der Waals surface area contributed by atoms with Gasteiger partial charge in [-0.2, -0.15) is 0 Å². The van der Waals surface area contributed by atoms with Crippen molar-refractivity contribution >= 4 is 0 Å². The van der Waals surface area contributed by atoms with Crippen LogP contribution in [-0.2, 0) is 9.47 Å². The van der Waals surface area contributed by atoms with Crippen LogP contribution < -0.4 is 17.2 Å². The van der Waals surface area contributed by atoms with Crippen molar-refractivity contribution in [3.63, 3.8) is 0 Å². The van der Waals surface area contributed by atoms with Gasteiger partial charge in [0.05, 0.1) is 13.2 Å². The van der Waals surface area contributed by atoms with Gasteiger partial charge >= 0.3 is 0 Å². The number of hydrogen-bond donors (Lipinski definition) is 3. The highest BCUT2D eigenvalue weighted by atomic mass is 16.6. The third kappa shape index (κ3) is 10.3. The maximum Gasteiger partial charge on any atom is 0.104 e. The molecule has 1 heterocycles. The molecule has 1 aliphatic heterocycles. The first-order valence-electron chi connectivity index (χ1n) is 5.71. The van der Waals surface area contributed by atoms with E-state index in [9.17, 15) is 0 Å². The predicted octanol–water partition coefficient (Wildman–Crippen LogP) is -1.80. The highest BCUT2D eigenvalue weighted by molar-refractivity contribution is 4.66. The fraction of sp³-hybridized carbons (Fsp3) is 1.00. The van der Waals surface area contributed by atoms with Gasteiger partial charge in [-0.3, -0.25) is 4.90 Å². The summed E-state index contributed by atoms with van der Waals surface area (Å²) < 4.78 is 9.56. The summed E-state index contributed by atoms with van der Waals surface area (Å²) in [5, 5.41) is 0. The molecular weight excluding hydrogens is 208 g/mol. The molecule has 0 saturated carbocycles. The van der Waals surface area contributed by atoms with E-state index < -0.39 is 0 Å². The Labute approximate surface area is 98.0 Å². The number of epoxide rings is 1. The second-order valence-electron chi connectivity index (χ2n) is 3.62. The molecule has 1 unspecified atom stereocenters. The molecule has 0 aromatic rings. The van der Waals surface area contributed by atoms with Crippen LogP contribution >= 0.6 is 0 Å². The van der Waals surface area contributed by atoms with Crippen LogP contribution in [0.1, 0.15) is 0 Å². The molecule has 0 aromatic carbocycles. The van der Waals surface area contributed by atoms with Crippen molar-refractivity contribution in [2.24, 2.45) is 17.2 Å². The van der Waals surface area contributed by atoms with Crippen LogP contribution in [0.15, 0.2) is 0 Å². The van der Waals surface area contributed by atoms with Gasteiger partial charge in [-0.25, -0.2) is 0 Å². The largest absolute Gasteiger partial charge is 0.382 e. The first-order chi connectivity index (χ1) is 7.78. The first kappa shape index (κ1) is 15.8. The van der Waals surface area contributed by atoms with Gasteiger partial charge in [-0.05, 0) is 0 Å². The zero-order valence-electron chi connectivity index (χ0n) is 10.2. The van der Waals surface area contributed by atoms with E-state index in [-0.39, 0.29) is 0 Å². The lowest BCUT2D eigenvalue weighted by Crippen LogP contribution is -2.37. The highest BCUT2D eigenvalue weighted by Crippen LogP contribution is 2.06. The average molecular weight is 234 g/mol. The average Bonchev–Trinajstić information content (AvgIpc) is 3.05. The Morgan fingerprint density at radius 2 is 1.56 bits per heavy atom. The van der Waals surface area contributed by atoms with Crippen LogP contribution in [0.3, 0.4) is 0 Å². The molecule has 1 rings (SSSR count). The van der Waals surface area contributed by atoms with E-state index in [1.165, 1.54) is 0 Å². The maximum atomic E-state index is 5.37. The van der Waals surface area contributed by atoms with Gasteiger partial charge in [-0.1, -0.05) is 0 Å². The summed E-state index contributed by atoms with van der Waals surface area (Å²) in [5.74, 6) is 0. The normalized spacial score (nSPS) is 18.2. The SMILES string of the molecule is COCC1CO1.NCCN(CCN)CCN. The molecule has 16 heavy (non-hydrogen) atoms. The van der Waals surface area contributed by atoms with E-state index in [0.29, 0.717) is 25.7 Å². The molecule has 6 N–H and O–H groups in total. The van der Waals surface area contributed by atoms with E-state index in [4.69, 9.17) is 26.7 Å². The molecule has 0 spiro atoms. The van der Waals surface area contributed by atoms with Crippen LogP contribution in [0.2, 0.25) is 0 Å². The van der Waals surface area contributed by atoms with Gasteiger partial charge in [0.1, 0.15) is 6.10 Å². The lowest BCUT2D eigenvalue weighted by Gasteiger charge is -2.18. The van der Waals surface area contributed by atoms with Crippen LogP contribution in [0.5, 0.6) is 0 Å². The van der Waals surface area contributed by atoms with Gasteiger partial charge < -0.3 is 26.7 Å². The van der Waals surface area contributed by atoms with Crippen LogP contribution in [0.4, 0.5) is 0 Å². The lowest BCUT2D eigenvalue weighted by molar-refractivity contribution is 0.171. The van der Waals surface area contributed by atoms with E-state index in [1.807, 2.05) is 0 Å². The lowest BCUT2D eigenvalue weighted by atomic mass is 10.4. The first-order valence-corrected chi connectivity index (χ1v) is 5.71. The van der Waals surface area contributed by atoms with Crippen molar-refractivity contribution in [3.05, 3.63) is 0 Å². The number of methoxy groups -OCH3 is 1. The number of ether oxygens (including phenoxy) is 2. The fourth-order valence-electron chi connectivity index (χ4n) is 1.23. The molecule has 98 valence electrons. The molecule has 0 radical (unpaired) electrons. The highest BCUT2D eigenvalue weighted by Gasteiger charge is 2.21. The minimum absolute atomic E-state index is 0.426. The zero-order chi connectivity index (χ0) is 12.2. The molecule has 0 aromatic heterocycles. The molecule has 0 aliphatic carbocycles. The Morgan fingerprint density at radius 1 is 1.12 bits per heavy atom. The maximum absolute atomic E-state index is 5.37. The summed E-state index contributed by atoms with van der Waals surface area (Å²) >= 11 is 0. The molecule has 1 atom stereocenters. The van der Waals surface area contributed by atoms with Crippen molar-refractivity contribution in [2.75, 3.05) is 59.6 Å². The van der Waals surface area contributed by atoms with Crippen molar-refractivity contribution in [3.8, 4) is 0 Å². The molecule has 0 bridgehead atoms. The smallest absolute Gasteiger partial charge is 0.104 e. The number of hydrogen-bond acceptors (Lipinski definition) is 6. The van der Waals surface area contributed by atoms with Gasteiger partial charge in [0, 0.05) is 46.4 Å². The van der Waals surface area contributed by atoms with Crippen molar-refractivity contribution < 1.29 is 9.47 Å². The standard InChI is InChI=1S/C6H18N4.C4H8O2/c7-1-4-10(5-2-8)6-3-9;1-5-2-4-3-6-4/h1-9H2;4H,2-3H2,1H3. The molecule has 6 heteroatoms. The van der Waals surface area contributed by atoms with Crippen molar-refractivity contribution in [1.29, 1.82) is 0 Å². The molecule has 0 amide bonds. The summed E-state index contributed by atoms with van der Waals surface area (Å²) in [6, 6.07) is 0. The molecule has 1 saturated heterocycles. The summed E-state index contributed by atoms with van der Waals surface area (Å²) in [6.45, 7) is 6.39. The van der Waals surface area contributed by atoms with Gasteiger partial charge in [0.25, 0.3) is 0 Å². The molecule has 1 fully saturated rings. The minimum Gasteiger partial charge on any atom is -0.382 e. The Morgan fingerprint density at radius 3 is 1.75 bits per heavy atom. The van der Waals surface area contributed by atoms with Crippen molar-refractivity contribution in [1.82, 2.24) is 4.90 Å². The Bertz CT molecular complexity index is 131. The Balaban J connectivity index is 0.000000315. The minimum atomic E-state index is 0.426. The second-order valence-corrected chi connectivity index (χ2v) is 3.62. The monoisotopic (exact) mass is 234 g/mol. The Hall–Kier alpha value is -0.240. The van der Waals surface area contributed by atoms with Gasteiger partial charge in [0.15, 0.2) is 0 Å². The van der Waals surface area contributed by atoms with Crippen LogP contribution in [0.25, 0.3) is 0 Å². The van der Waals surface area contributed by atoms with E-state index >= 15 is 0 Å².